The van der Waals surface area contributed by atoms with Gasteiger partial charge in [0.2, 0.25) is 5.91 Å². The van der Waals surface area contributed by atoms with Gasteiger partial charge in [-0.15, -0.1) is 0 Å². The molecule has 7 heteroatoms. The van der Waals surface area contributed by atoms with E-state index in [1.165, 1.54) is 23.4 Å². The molecule has 3 rings (SSSR count). The molecule has 0 atom stereocenters. The zero-order valence-electron chi connectivity index (χ0n) is 15.0. The van der Waals surface area contributed by atoms with E-state index in [9.17, 15) is 9.59 Å². The fraction of sp³-hybridized carbons (Fsp3) is 0.263. The third-order valence-corrected chi connectivity index (χ3v) is 4.94. The zero-order chi connectivity index (χ0) is 18.7. The van der Waals surface area contributed by atoms with Gasteiger partial charge in [0.25, 0.3) is 5.91 Å². The van der Waals surface area contributed by atoms with Crippen molar-refractivity contribution in [2.45, 2.75) is 20.8 Å². The van der Waals surface area contributed by atoms with E-state index < -0.39 is 0 Å². The minimum atomic E-state index is -0.180. The number of carbonyl (C=O) groups is 2. The molecule has 6 nitrogen and oxygen atoms in total. The summed E-state index contributed by atoms with van der Waals surface area (Å²) in [5.41, 5.74) is 2.30. The van der Waals surface area contributed by atoms with Crippen molar-refractivity contribution >= 4 is 34.8 Å². The SMILES string of the molecule is CCN=C1S/C(=C/c2cn(C(C)=O)nc2-c2ccccc2)C(=O)N1CC. The molecule has 0 unspecified atom stereocenters. The number of nitrogens with zero attached hydrogens (tertiary/aromatic N) is 4. The molecule has 1 aliphatic rings. The summed E-state index contributed by atoms with van der Waals surface area (Å²) in [4.78, 5) is 31.1. The second-order valence-electron chi connectivity index (χ2n) is 5.68. The number of thioether (sulfide) groups is 1. The number of carbonyl (C=O) groups excluding carboxylic acids is 2. The Morgan fingerprint density at radius 3 is 2.62 bits per heavy atom. The normalized spacial score (nSPS) is 17.5. The Kier molecular flexibility index (Phi) is 5.37. The number of hydrogen-bond donors (Lipinski definition) is 0. The van der Waals surface area contributed by atoms with Gasteiger partial charge in [-0.25, -0.2) is 4.68 Å². The van der Waals surface area contributed by atoms with Gasteiger partial charge < -0.3 is 0 Å². The van der Waals surface area contributed by atoms with E-state index >= 15 is 0 Å². The molecule has 2 aromatic rings. The summed E-state index contributed by atoms with van der Waals surface area (Å²) in [6.07, 6.45) is 3.46. The number of benzene rings is 1. The summed E-state index contributed by atoms with van der Waals surface area (Å²) >= 11 is 1.36. The van der Waals surface area contributed by atoms with Gasteiger partial charge in [0, 0.05) is 37.3 Å². The first-order valence-corrected chi connectivity index (χ1v) is 9.28. The monoisotopic (exact) mass is 368 g/mol. The zero-order valence-corrected chi connectivity index (χ0v) is 15.8. The summed E-state index contributed by atoms with van der Waals surface area (Å²) in [5.74, 6) is -0.250. The summed E-state index contributed by atoms with van der Waals surface area (Å²) in [6, 6.07) is 9.62. The second kappa shape index (κ2) is 7.70. The third kappa shape index (κ3) is 3.48. The minimum absolute atomic E-state index is 0.0701. The van der Waals surface area contributed by atoms with Gasteiger partial charge in [-0.1, -0.05) is 30.3 Å². The molecule has 1 aromatic carbocycles. The van der Waals surface area contributed by atoms with Crippen LogP contribution in [0, 0.1) is 0 Å². The van der Waals surface area contributed by atoms with Crippen LogP contribution in [0.25, 0.3) is 17.3 Å². The third-order valence-electron chi connectivity index (χ3n) is 3.90. The Hall–Kier alpha value is -2.67. The molecular formula is C19H20N4O2S. The highest BCUT2D eigenvalue weighted by molar-refractivity contribution is 8.18. The largest absolute Gasteiger partial charge is 0.287 e. The summed E-state index contributed by atoms with van der Waals surface area (Å²) in [6.45, 7) is 6.52. The van der Waals surface area contributed by atoms with Crippen LogP contribution in [0.4, 0.5) is 0 Å². The molecule has 0 bridgehead atoms. The van der Waals surface area contributed by atoms with Crippen LogP contribution < -0.4 is 0 Å². The van der Waals surface area contributed by atoms with Gasteiger partial charge in [0.15, 0.2) is 5.17 Å². The highest BCUT2D eigenvalue weighted by atomic mass is 32.2. The average molecular weight is 368 g/mol. The van der Waals surface area contributed by atoms with Crippen molar-refractivity contribution in [2.24, 2.45) is 4.99 Å². The second-order valence-corrected chi connectivity index (χ2v) is 6.69. The molecule has 1 aliphatic heterocycles. The van der Waals surface area contributed by atoms with Crippen LogP contribution in [0.3, 0.4) is 0 Å². The predicted octanol–water partition coefficient (Wildman–Crippen LogP) is 3.52. The van der Waals surface area contributed by atoms with E-state index in [4.69, 9.17) is 0 Å². The van der Waals surface area contributed by atoms with E-state index in [-0.39, 0.29) is 11.8 Å². The molecule has 0 N–H and O–H groups in total. The molecule has 0 radical (unpaired) electrons. The van der Waals surface area contributed by atoms with E-state index in [0.29, 0.717) is 28.9 Å². The maximum absolute atomic E-state index is 12.7. The van der Waals surface area contributed by atoms with Crippen molar-refractivity contribution in [1.82, 2.24) is 14.7 Å². The Labute approximate surface area is 156 Å². The lowest BCUT2D eigenvalue weighted by Gasteiger charge is -2.11. The molecule has 1 fully saturated rings. The quantitative estimate of drug-likeness (QED) is 0.775. The smallest absolute Gasteiger partial charge is 0.266 e. The Morgan fingerprint density at radius 2 is 2.00 bits per heavy atom. The van der Waals surface area contributed by atoms with E-state index in [1.807, 2.05) is 44.2 Å². The number of amides is 1. The number of aliphatic imine (C=N–C) groups is 1. The fourth-order valence-electron chi connectivity index (χ4n) is 2.66. The molecule has 0 aliphatic carbocycles. The molecular weight excluding hydrogens is 348 g/mol. The summed E-state index contributed by atoms with van der Waals surface area (Å²) in [5, 5.41) is 5.11. The molecule has 1 amide bonds. The van der Waals surface area contributed by atoms with Crippen LogP contribution in [0.5, 0.6) is 0 Å². The Morgan fingerprint density at radius 1 is 1.27 bits per heavy atom. The first-order chi connectivity index (χ1) is 12.5. The maximum atomic E-state index is 12.7. The molecule has 0 saturated carbocycles. The highest BCUT2D eigenvalue weighted by Gasteiger charge is 2.32. The summed E-state index contributed by atoms with van der Waals surface area (Å²) < 4.78 is 1.30. The Balaban J connectivity index is 2.07. The molecule has 2 heterocycles. The van der Waals surface area contributed by atoms with Crippen LogP contribution in [0.15, 0.2) is 46.4 Å². The average Bonchev–Trinajstić information content (AvgIpc) is 3.18. The van der Waals surface area contributed by atoms with Crippen molar-refractivity contribution in [2.75, 3.05) is 13.1 Å². The van der Waals surface area contributed by atoms with Crippen molar-refractivity contribution < 1.29 is 9.59 Å². The van der Waals surface area contributed by atoms with Gasteiger partial charge >= 0.3 is 0 Å². The molecule has 1 aromatic heterocycles. The minimum Gasteiger partial charge on any atom is -0.287 e. The van der Waals surface area contributed by atoms with Gasteiger partial charge in [0.1, 0.15) is 5.69 Å². The fourth-order valence-corrected chi connectivity index (χ4v) is 3.75. The van der Waals surface area contributed by atoms with Crippen molar-refractivity contribution in [1.29, 1.82) is 0 Å². The van der Waals surface area contributed by atoms with E-state index in [2.05, 4.69) is 10.1 Å². The molecule has 26 heavy (non-hydrogen) atoms. The van der Waals surface area contributed by atoms with Crippen LogP contribution >= 0.6 is 11.8 Å². The van der Waals surface area contributed by atoms with Crippen LogP contribution in [-0.4, -0.2) is 44.8 Å². The van der Waals surface area contributed by atoms with Crippen molar-refractivity contribution in [3.05, 3.63) is 47.0 Å². The lowest BCUT2D eigenvalue weighted by molar-refractivity contribution is -0.122. The predicted molar refractivity (Wildman–Crippen MR) is 105 cm³/mol. The molecule has 134 valence electrons. The number of likely N-dealkylation sites (N-methyl/N-ethyl adjacent to an activating group) is 1. The standard InChI is InChI=1S/C19H20N4O2S/c1-4-20-19-22(5-2)18(25)16(26-19)11-15-12-23(13(3)24)21-17(15)14-9-7-6-8-10-14/h6-12H,4-5H2,1-3H3/b16-11+,20-19?. The van der Waals surface area contributed by atoms with Gasteiger partial charge in [0.05, 0.1) is 4.91 Å². The van der Waals surface area contributed by atoms with E-state index in [1.54, 1.807) is 17.2 Å². The topological polar surface area (TPSA) is 67.6 Å². The highest BCUT2D eigenvalue weighted by Crippen LogP contribution is 2.34. The van der Waals surface area contributed by atoms with E-state index in [0.717, 1.165) is 11.1 Å². The number of amidine groups is 1. The van der Waals surface area contributed by atoms with Crippen molar-refractivity contribution in [3.63, 3.8) is 0 Å². The number of aromatic nitrogens is 2. The summed E-state index contributed by atoms with van der Waals surface area (Å²) in [7, 11) is 0. The first kappa shape index (κ1) is 18.1. The van der Waals surface area contributed by atoms with Gasteiger partial charge in [-0.2, -0.15) is 5.10 Å². The lowest BCUT2D eigenvalue weighted by atomic mass is 10.1. The van der Waals surface area contributed by atoms with Crippen LogP contribution in [0.1, 0.15) is 31.1 Å². The number of hydrogen-bond acceptors (Lipinski definition) is 5. The lowest BCUT2D eigenvalue weighted by Crippen LogP contribution is -2.28. The van der Waals surface area contributed by atoms with Crippen LogP contribution in [0.2, 0.25) is 0 Å². The molecule has 1 saturated heterocycles. The molecule has 0 spiro atoms. The van der Waals surface area contributed by atoms with Crippen LogP contribution in [-0.2, 0) is 4.79 Å². The van der Waals surface area contributed by atoms with Gasteiger partial charge in [-0.3, -0.25) is 19.5 Å². The Bertz CT molecular complexity index is 900. The number of rotatable bonds is 4. The maximum Gasteiger partial charge on any atom is 0.266 e. The van der Waals surface area contributed by atoms with Crippen molar-refractivity contribution in [3.8, 4) is 11.3 Å². The van der Waals surface area contributed by atoms with Gasteiger partial charge in [-0.05, 0) is 31.7 Å². The first-order valence-electron chi connectivity index (χ1n) is 8.47.